The molecule has 0 saturated carbocycles. The molecule has 6 heteroatoms. The minimum absolute atomic E-state index is 0.186. The SMILES string of the molecule is C[C@@H](Nc1cncc(Br)c1)c1ccc(-n2cncn2)cc1. The highest BCUT2D eigenvalue weighted by Gasteiger charge is 2.06. The van der Waals surface area contributed by atoms with Crippen LogP contribution in [0, 0.1) is 0 Å². The van der Waals surface area contributed by atoms with Crippen molar-refractivity contribution in [2.24, 2.45) is 0 Å². The summed E-state index contributed by atoms with van der Waals surface area (Å²) in [4.78, 5) is 8.10. The molecule has 0 spiro atoms. The van der Waals surface area contributed by atoms with E-state index in [4.69, 9.17) is 0 Å². The number of aromatic nitrogens is 4. The van der Waals surface area contributed by atoms with Gasteiger partial charge < -0.3 is 5.32 Å². The molecule has 3 aromatic rings. The van der Waals surface area contributed by atoms with Gasteiger partial charge in [0.05, 0.1) is 17.6 Å². The molecule has 0 radical (unpaired) electrons. The lowest BCUT2D eigenvalue weighted by Crippen LogP contribution is -2.07. The molecule has 0 aliphatic carbocycles. The summed E-state index contributed by atoms with van der Waals surface area (Å²) in [5.74, 6) is 0. The third-order valence-corrected chi connectivity index (χ3v) is 3.60. The van der Waals surface area contributed by atoms with Crippen molar-refractivity contribution in [2.45, 2.75) is 13.0 Å². The Hall–Kier alpha value is -2.21. The van der Waals surface area contributed by atoms with E-state index in [2.05, 4.69) is 55.4 Å². The van der Waals surface area contributed by atoms with Crippen molar-refractivity contribution in [1.82, 2.24) is 19.7 Å². The molecule has 3 rings (SSSR count). The lowest BCUT2D eigenvalue weighted by Gasteiger charge is -2.16. The predicted octanol–water partition coefficient (Wildman–Crippen LogP) is 3.60. The highest BCUT2D eigenvalue weighted by molar-refractivity contribution is 9.10. The zero-order valence-electron chi connectivity index (χ0n) is 11.4. The van der Waals surface area contributed by atoms with Gasteiger partial charge in [0, 0.05) is 16.7 Å². The Balaban J connectivity index is 1.74. The van der Waals surface area contributed by atoms with Gasteiger partial charge in [0.25, 0.3) is 0 Å². The zero-order valence-corrected chi connectivity index (χ0v) is 13.0. The van der Waals surface area contributed by atoms with E-state index in [-0.39, 0.29) is 6.04 Å². The van der Waals surface area contributed by atoms with Crippen LogP contribution in [0.4, 0.5) is 5.69 Å². The van der Waals surface area contributed by atoms with Crippen LogP contribution in [-0.4, -0.2) is 19.7 Å². The van der Waals surface area contributed by atoms with Gasteiger partial charge in [-0.25, -0.2) is 9.67 Å². The van der Waals surface area contributed by atoms with Crippen molar-refractivity contribution in [3.05, 3.63) is 65.4 Å². The molecule has 1 N–H and O–H groups in total. The lowest BCUT2D eigenvalue weighted by molar-refractivity contribution is 0.862. The van der Waals surface area contributed by atoms with Crippen LogP contribution in [-0.2, 0) is 0 Å². The van der Waals surface area contributed by atoms with Gasteiger partial charge in [-0.05, 0) is 46.6 Å². The molecule has 0 bridgehead atoms. The van der Waals surface area contributed by atoms with Crippen molar-refractivity contribution >= 4 is 21.6 Å². The third kappa shape index (κ3) is 3.28. The number of rotatable bonds is 4. The summed E-state index contributed by atoms with van der Waals surface area (Å²) in [6.07, 6.45) is 6.79. The van der Waals surface area contributed by atoms with Gasteiger partial charge in [0.2, 0.25) is 0 Å². The quantitative estimate of drug-likeness (QED) is 0.786. The maximum absolute atomic E-state index is 4.15. The number of nitrogens with one attached hydrogen (secondary N) is 1. The molecular weight excluding hydrogens is 330 g/mol. The average molecular weight is 344 g/mol. The third-order valence-electron chi connectivity index (χ3n) is 3.16. The van der Waals surface area contributed by atoms with Crippen LogP contribution in [0.3, 0.4) is 0 Å². The Morgan fingerprint density at radius 2 is 1.95 bits per heavy atom. The first kappa shape index (κ1) is 13.8. The molecule has 2 aromatic heterocycles. The van der Waals surface area contributed by atoms with E-state index >= 15 is 0 Å². The van der Waals surface area contributed by atoms with E-state index in [1.807, 2.05) is 24.4 Å². The van der Waals surface area contributed by atoms with E-state index in [1.54, 1.807) is 17.2 Å². The number of benzene rings is 1. The normalized spacial score (nSPS) is 12.1. The summed E-state index contributed by atoms with van der Waals surface area (Å²) < 4.78 is 2.70. The smallest absolute Gasteiger partial charge is 0.138 e. The number of pyridine rings is 1. The van der Waals surface area contributed by atoms with Gasteiger partial charge in [-0.2, -0.15) is 5.10 Å². The van der Waals surface area contributed by atoms with Crippen LogP contribution < -0.4 is 5.32 Å². The molecule has 1 aromatic carbocycles. The maximum atomic E-state index is 4.15. The highest BCUT2D eigenvalue weighted by atomic mass is 79.9. The maximum Gasteiger partial charge on any atom is 0.138 e. The van der Waals surface area contributed by atoms with Gasteiger partial charge in [-0.15, -0.1) is 0 Å². The van der Waals surface area contributed by atoms with Gasteiger partial charge in [0.15, 0.2) is 0 Å². The average Bonchev–Trinajstić information content (AvgIpc) is 3.01. The summed E-state index contributed by atoms with van der Waals surface area (Å²) in [5.41, 5.74) is 3.17. The number of halogens is 1. The summed E-state index contributed by atoms with van der Waals surface area (Å²) in [5, 5.41) is 7.54. The molecule has 0 unspecified atom stereocenters. The topological polar surface area (TPSA) is 55.6 Å². The number of hydrogen-bond acceptors (Lipinski definition) is 4. The highest BCUT2D eigenvalue weighted by Crippen LogP contribution is 2.21. The standard InChI is InChI=1S/C15H14BrN5/c1-11(20-14-6-13(16)7-17-8-14)12-2-4-15(5-3-12)21-10-18-9-19-21/h2-11,20H,1H3/t11-/m1/s1. The second-order valence-electron chi connectivity index (χ2n) is 4.69. The monoisotopic (exact) mass is 343 g/mol. The first-order valence-electron chi connectivity index (χ1n) is 6.54. The number of hydrogen-bond donors (Lipinski definition) is 1. The predicted molar refractivity (Wildman–Crippen MR) is 85.3 cm³/mol. The van der Waals surface area contributed by atoms with Crippen molar-refractivity contribution < 1.29 is 0 Å². The Labute approximate surface area is 131 Å². The van der Waals surface area contributed by atoms with Crippen molar-refractivity contribution in [3.8, 4) is 5.69 Å². The first-order valence-corrected chi connectivity index (χ1v) is 7.34. The van der Waals surface area contributed by atoms with Crippen molar-refractivity contribution in [2.75, 3.05) is 5.32 Å². The van der Waals surface area contributed by atoms with Gasteiger partial charge in [-0.3, -0.25) is 4.98 Å². The molecule has 106 valence electrons. The molecule has 0 amide bonds. The molecule has 0 aliphatic heterocycles. The van der Waals surface area contributed by atoms with E-state index in [1.165, 1.54) is 11.9 Å². The molecule has 0 fully saturated rings. The largest absolute Gasteiger partial charge is 0.377 e. The zero-order chi connectivity index (χ0) is 14.7. The fourth-order valence-corrected chi connectivity index (χ4v) is 2.45. The molecule has 0 saturated heterocycles. The van der Waals surface area contributed by atoms with Crippen LogP contribution >= 0.6 is 15.9 Å². The van der Waals surface area contributed by atoms with Crippen molar-refractivity contribution in [1.29, 1.82) is 0 Å². The van der Waals surface area contributed by atoms with Gasteiger partial charge in [-0.1, -0.05) is 12.1 Å². The summed E-state index contributed by atoms with van der Waals surface area (Å²) >= 11 is 3.42. The Morgan fingerprint density at radius 3 is 2.62 bits per heavy atom. The summed E-state index contributed by atoms with van der Waals surface area (Å²) in [7, 11) is 0. The second kappa shape index (κ2) is 6.05. The Kier molecular flexibility index (Phi) is 3.96. The fourth-order valence-electron chi connectivity index (χ4n) is 2.08. The van der Waals surface area contributed by atoms with Crippen LogP contribution in [0.25, 0.3) is 5.69 Å². The van der Waals surface area contributed by atoms with E-state index in [0.717, 1.165) is 15.8 Å². The minimum Gasteiger partial charge on any atom is -0.377 e. The molecule has 2 heterocycles. The number of anilines is 1. The van der Waals surface area contributed by atoms with Crippen molar-refractivity contribution in [3.63, 3.8) is 0 Å². The van der Waals surface area contributed by atoms with Gasteiger partial charge >= 0.3 is 0 Å². The Bertz CT molecular complexity index is 709. The minimum atomic E-state index is 0.186. The van der Waals surface area contributed by atoms with Crippen LogP contribution in [0.2, 0.25) is 0 Å². The van der Waals surface area contributed by atoms with Gasteiger partial charge in [0.1, 0.15) is 12.7 Å². The molecule has 0 aliphatic rings. The van der Waals surface area contributed by atoms with E-state index in [9.17, 15) is 0 Å². The molecular formula is C15H14BrN5. The van der Waals surface area contributed by atoms with Crippen LogP contribution in [0.5, 0.6) is 0 Å². The summed E-state index contributed by atoms with van der Waals surface area (Å²) in [6.45, 7) is 2.12. The van der Waals surface area contributed by atoms with E-state index in [0.29, 0.717) is 0 Å². The lowest BCUT2D eigenvalue weighted by atomic mass is 10.1. The fraction of sp³-hybridized carbons (Fsp3) is 0.133. The second-order valence-corrected chi connectivity index (χ2v) is 5.61. The van der Waals surface area contributed by atoms with Crippen LogP contribution in [0.15, 0.2) is 59.9 Å². The summed E-state index contributed by atoms with van der Waals surface area (Å²) in [6, 6.07) is 10.4. The van der Waals surface area contributed by atoms with Crippen LogP contribution in [0.1, 0.15) is 18.5 Å². The molecule has 1 atom stereocenters. The molecule has 5 nitrogen and oxygen atoms in total. The van der Waals surface area contributed by atoms with E-state index < -0.39 is 0 Å². The Morgan fingerprint density at radius 1 is 1.14 bits per heavy atom. The number of nitrogens with zero attached hydrogens (tertiary/aromatic N) is 4. The first-order chi connectivity index (χ1) is 10.2. The molecule has 21 heavy (non-hydrogen) atoms.